The first-order valence-corrected chi connectivity index (χ1v) is 13.2. The van der Waals surface area contributed by atoms with Gasteiger partial charge in [-0.2, -0.15) is 0 Å². The zero-order valence-electron chi connectivity index (χ0n) is 23.6. The van der Waals surface area contributed by atoms with Crippen LogP contribution < -0.4 is 4.74 Å². The predicted octanol–water partition coefficient (Wildman–Crippen LogP) is 5.36. The third-order valence-electron chi connectivity index (χ3n) is 7.09. The highest BCUT2D eigenvalue weighted by Crippen LogP contribution is 2.36. The molecule has 0 aliphatic carbocycles. The maximum atomic E-state index is 13.3. The number of fused-ring (bicyclic) bond motifs is 1. The summed E-state index contributed by atoms with van der Waals surface area (Å²) in [5, 5.41) is 0.920. The highest BCUT2D eigenvalue weighted by Gasteiger charge is 2.30. The first-order chi connectivity index (χ1) is 18.6. The lowest BCUT2D eigenvalue weighted by Gasteiger charge is -2.42. The van der Waals surface area contributed by atoms with E-state index in [-0.39, 0.29) is 12.0 Å². The standard InChI is InChI=1S/C30H38FN3O5/c1-20-17-26(37-5)24(23-11-13-34(27(20)23)29(36)39-30(2,3)4)18-33-16-15-32(14-12-31)19-25(33)21-7-9-22(10-8-21)28(35)38-6/h7-11,13,17,25H,12,14-16,18-19H2,1-6H3. The quantitative estimate of drug-likeness (QED) is 0.375. The number of nitrogens with zero attached hydrogens (tertiary/aromatic N) is 3. The number of hydrogen-bond acceptors (Lipinski definition) is 7. The molecule has 0 N–H and O–H groups in total. The summed E-state index contributed by atoms with van der Waals surface area (Å²) in [7, 11) is 3.01. The number of piperazine rings is 1. The third kappa shape index (κ3) is 6.25. The van der Waals surface area contributed by atoms with Gasteiger partial charge in [0, 0.05) is 55.9 Å². The van der Waals surface area contributed by atoms with Crippen LogP contribution in [0.1, 0.15) is 53.9 Å². The van der Waals surface area contributed by atoms with Gasteiger partial charge in [-0.1, -0.05) is 12.1 Å². The van der Waals surface area contributed by atoms with E-state index in [0.717, 1.165) is 39.9 Å². The molecule has 1 aliphatic rings. The molecule has 0 bridgehead atoms. The SMILES string of the molecule is COC(=O)c1ccc(C2CN(CCF)CCN2Cc2c(OC)cc(C)c3c2ccn3C(=O)OC(C)(C)C)cc1. The molecule has 8 nitrogen and oxygen atoms in total. The van der Waals surface area contributed by atoms with Gasteiger partial charge in [0.1, 0.15) is 18.0 Å². The minimum atomic E-state index is -0.618. The third-order valence-corrected chi connectivity index (χ3v) is 7.09. The first-order valence-electron chi connectivity index (χ1n) is 13.2. The molecule has 9 heteroatoms. The predicted molar refractivity (Wildman–Crippen MR) is 148 cm³/mol. The van der Waals surface area contributed by atoms with Crippen LogP contribution in [0.25, 0.3) is 10.9 Å². The van der Waals surface area contributed by atoms with Crippen molar-refractivity contribution in [1.29, 1.82) is 0 Å². The average Bonchev–Trinajstić information content (AvgIpc) is 3.36. The lowest BCUT2D eigenvalue weighted by atomic mass is 9.98. The normalized spacial score (nSPS) is 16.8. The van der Waals surface area contributed by atoms with E-state index in [0.29, 0.717) is 31.7 Å². The van der Waals surface area contributed by atoms with Gasteiger partial charge in [-0.25, -0.2) is 14.0 Å². The van der Waals surface area contributed by atoms with E-state index >= 15 is 0 Å². The fourth-order valence-electron chi connectivity index (χ4n) is 5.24. The molecule has 0 saturated carbocycles. The van der Waals surface area contributed by atoms with Gasteiger partial charge >= 0.3 is 12.1 Å². The summed E-state index contributed by atoms with van der Waals surface area (Å²) in [6, 6.07) is 11.2. The van der Waals surface area contributed by atoms with Crippen LogP contribution in [-0.4, -0.2) is 79.1 Å². The topological polar surface area (TPSA) is 73.2 Å². The molecule has 1 unspecified atom stereocenters. The Kier molecular flexibility index (Phi) is 8.61. The summed E-state index contributed by atoms with van der Waals surface area (Å²) in [6.45, 7) is 10.1. The molecule has 210 valence electrons. The summed E-state index contributed by atoms with van der Waals surface area (Å²) in [5.41, 5.74) is 3.55. The highest BCUT2D eigenvalue weighted by atomic mass is 19.1. The molecule has 39 heavy (non-hydrogen) atoms. The van der Waals surface area contributed by atoms with Gasteiger partial charge in [0.05, 0.1) is 25.3 Å². The van der Waals surface area contributed by atoms with Crippen molar-refractivity contribution in [1.82, 2.24) is 14.4 Å². The molecule has 1 aliphatic heterocycles. The molecule has 1 saturated heterocycles. The van der Waals surface area contributed by atoms with E-state index in [9.17, 15) is 14.0 Å². The van der Waals surface area contributed by atoms with Crippen LogP contribution in [0.2, 0.25) is 0 Å². The summed E-state index contributed by atoms with van der Waals surface area (Å²) >= 11 is 0. The number of halogens is 1. The molecule has 1 aromatic heterocycles. The smallest absolute Gasteiger partial charge is 0.419 e. The second-order valence-electron chi connectivity index (χ2n) is 10.9. The number of alkyl halides is 1. The number of hydrogen-bond donors (Lipinski definition) is 0. The number of carbonyl (C=O) groups is 2. The van der Waals surface area contributed by atoms with Crippen LogP contribution in [0.3, 0.4) is 0 Å². The Morgan fingerprint density at radius 2 is 1.79 bits per heavy atom. The van der Waals surface area contributed by atoms with Gasteiger partial charge in [-0.15, -0.1) is 0 Å². The Bertz CT molecular complexity index is 1330. The van der Waals surface area contributed by atoms with Gasteiger partial charge < -0.3 is 14.2 Å². The van der Waals surface area contributed by atoms with Crippen molar-refractivity contribution in [2.24, 2.45) is 0 Å². The molecule has 0 spiro atoms. The van der Waals surface area contributed by atoms with E-state index in [1.807, 2.05) is 52.0 Å². The highest BCUT2D eigenvalue weighted by molar-refractivity contribution is 5.95. The van der Waals surface area contributed by atoms with Crippen molar-refractivity contribution in [2.45, 2.75) is 45.9 Å². The van der Waals surface area contributed by atoms with Gasteiger partial charge in [-0.05, 0) is 63.1 Å². The van der Waals surface area contributed by atoms with E-state index in [1.54, 1.807) is 30.0 Å². The van der Waals surface area contributed by atoms with Crippen molar-refractivity contribution in [3.63, 3.8) is 0 Å². The number of aryl methyl sites for hydroxylation is 1. The number of ether oxygens (including phenoxy) is 3. The molecule has 4 rings (SSSR count). The van der Waals surface area contributed by atoms with E-state index in [1.165, 1.54) is 7.11 Å². The zero-order valence-corrected chi connectivity index (χ0v) is 23.6. The van der Waals surface area contributed by atoms with E-state index in [4.69, 9.17) is 14.2 Å². The maximum absolute atomic E-state index is 13.3. The molecule has 0 radical (unpaired) electrons. The Balaban J connectivity index is 1.72. The van der Waals surface area contributed by atoms with Gasteiger partial charge in [-0.3, -0.25) is 14.4 Å². The summed E-state index contributed by atoms with van der Waals surface area (Å²) in [4.78, 5) is 29.4. The second kappa shape index (κ2) is 11.8. The Labute approximate surface area is 229 Å². The minimum Gasteiger partial charge on any atom is -0.496 e. The van der Waals surface area contributed by atoms with Gasteiger partial charge in [0.2, 0.25) is 0 Å². The summed E-state index contributed by atoms with van der Waals surface area (Å²) in [6.07, 6.45) is 1.32. The van der Waals surface area contributed by atoms with Crippen molar-refractivity contribution in [3.8, 4) is 5.75 Å². The van der Waals surface area contributed by atoms with E-state index in [2.05, 4.69) is 9.80 Å². The zero-order chi connectivity index (χ0) is 28.3. The van der Waals surface area contributed by atoms with Crippen molar-refractivity contribution >= 4 is 23.0 Å². The molecule has 2 aromatic carbocycles. The fraction of sp³-hybridized carbons (Fsp3) is 0.467. The average molecular weight is 540 g/mol. The number of carbonyl (C=O) groups excluding carboxylic acids is 2. The van der Waals surface area contributed by atoms with E-state index < -0.39 is 18.4 Å². The molecule has 1 atom stereocenters. The molecular weight excluding hydrogens is 501 g/mol. The summed E-state index contributed by atoms with van der Waals surface area (Å²) < 4.78 is 31.1. The van der Waals surface area contributed by atoms with Crippen molar-refractivity contribution in [3.05, 3.63) is 64.8 Å². The number of aromatic nitrogens is 1. The molecule has 3 aromatic rings. The lowest BCUT2D eigenvalue weighted by molar-refractivity contribution is 0.0542. The number of methoxy groups -OCH3 is 2. The lowest BCUT2D eigenvalue weighted by Crippen LogP contribution is -2.48. The largest absolute Gasteiger partial charge is 0.496 e. The molecule has 0 amide bonds. The van der Waals surface area contributed by atoms with Crippen LogP contribution in [-0.2, 0) is 16.0 Å². The van der Waals surface area contributed by atoms with Crippen LogP contribution >= 0.6 is 0 Å². The van der Waals surface area contributed by atoms with Crippen LogP contribution in [0.4, 0.5) is 9.18 Å². The Morgan fingerprint density at radius 1 is 1.08 bits per heavy atom. The second-order valence-corrected chi connectivity index (χ2v) is 10.9. The fourth-order valence-corrected chi connectivity index (χ4v) is 5.24. The first kappa shape index (κ1) is 28.6. The monoisotopic (exact) mass is 539 g/mol. The summed E-state index contributed by atoms with van der Waals surface area (Å²) in [5.74, 6) is 0.357. The number of rotatable bonds is 7. The van der Waals surface area contributed by atoms with Crippen molar-refractivity contribution in [2.75, 3.05) is 47.1 Å². The minimum absolute atomic E-state index is 0.0361. The van der Waals surface area contributed by atoms with Crippen molar-refractivity contribution < 1.29 is 28.2 Å². The number of esters is 1. The van der Waals surface area contributed by atoms with Crippen LogP contribution in [0.15, 0.2) is 42.6 Å². The number of benzene rings is 2. The molecular formula is C30H38FN3O5. The molecule has 2 heterocycles. The maximum Gasteiger partial charge on any atom is 0.419 e. The Morgan fingerprint density at radius 3 is 2.41 bits per heavy atom. The van der Waals surface area contributed by atoms with Gasteiger partial charge in [0.25, 0.3) is 0 Å². The van der Waals surface area contributed by atoms with Gasteiger partial charge in [0.15, 0.2) is 0 Å². The Hall–Kier alpha value is -3.43. The molecule has 1 fully saturated rings. The van der Waals surface area contributed by atoms with Crippen LogP contribution in [0, 0.1) is 6.92 Å². The van der Waals surface area contributed by atoms with Crippen LogP contribution in [0.5, 0.6) is 5.75 Å².